The van der Waals surface area contributed by atoms with Crippen molar-refractivity contribution in [3.8, 4) is 0 Å². The molecular weight excluding hydrogens is 239 g/mol. The third kappa shape index (κ3) is 4.92. The van der Waals surface area contributed by atoms with E-state index in [1.807, 2.05) is 6.07 Å². The van der Waals surface area contributed by atoms with Gasteiger partial charge in [-0.15, -0.1) is 0 Å². The van der Waals surface area contributed by atoms with E-state index in [-0.39, 0.29) is 5.82 Å². The fourth-order valence-corrected chi connectivity index (χ4v) is 2.79. The van der Waals surface area contributed by atoms with Crippen LogP contribution in [0.2, 0.25) is 0 Å². The van der Waals surface area contributed by atoms with Crippen LogP contribution in [-0.2, 0) is 6.42 Å². The topological polar surface area (TPSA) is 15.3 Å². The molecular formula is C16H25FN2. The Hall–Kier alpha value is -0.930. The van der Waals surface area contributed by atoms with E-state index in [0.29, 0.717) is 6.04 Å². The largest absolute Gasteiger partial charge is 0.314 e. The molecule has 0 amide bonds. The molecule has 106 valence electrons. The summed E-state index contributed by atoms with van der Waals surface area (Å²) in [6.07, 6.45) is 4.69. The first-order valence-corrected chi connectivity index (χ1v) is 7.48. The lowest BCUT2D eigenvalue weighted by Crippen LogP contribution is -2.32. The van der Waals surface area contributed by atoms with Gasteiger partial charge in [0.2, 0.25) is 0 Å². The van der Waals surface area contributed by atoms with Crippen LogP contribution in [0, 0.1) is 5.82 Å². The predicted molar refractivity (Wildman–Crippen MR) is 77.9 cm³/mol. The van der Waals surface area contributed by atoms with Gasteiger partial charge in [0.15, 0.2) is 0 Å². The van der Waals surface area contributed by atoms with Gasteiger partial charge in [0.25, 0.3) is 0 Å². The zero-order valence-corrected chi connectivity index (χ0v) is 11.9. The molecule has 1 fully saturated rings. The van der Waals surface area contributed by atoms with Crippen molar-refractivity contribution in [1.82, 2.24) is 10.2 Å². The van der Waals surface area contributed by atoms with E-state index >= 15 is 0 Å². The van der Waals surface area contributed by atoms with Gasteiger partial charge in [-0.1, -0.05) is 19.1 Å². The van der Waals surface area contributed by atoms with Crippen LogP contribution in [0.15, 0.2) is 24.3 Å². The number of hydrogen-bond donors (Lipinski definition) is 1. The van der Waals surface area contributed by atoms with Gasteiger partial charge in [-0.3, -0.25) is 0 Å². The molecule has 19 heavy (non-hydrogen) atoms. The van der Waals surface area contributed by atoms with E-state index in [1.54, 1.807) is 12.1 Å². The van der Waals surface area contributed by atoms with Crippen molar-refractivity contribution in [3.63, 3.8) is 0 Å². The molecule has 1 atom stereocenters. The fourth-order valence-electron chi connectivity index (χ4n) is 2.79. The van der Waals surface area contributed by atoms with Crippen molar-refractivity contribution in [3.05, 3.63) is 35.6 Å². The number of halogens is 1. The summed E-state index contributed by atoms with van der Waals surface area (Å²) < 4.78 is 13.1. The first-order chi connectivity index (χ1) is 9.28. The van der Waals surface area contributed by atoms with Gasteiger partial charge in [0.1, 0.15) is 5.82 Å². The number of rotatable bonds is 5. The average molecular weight is 264 g/mol. The second-order valence-corrected chi connectivity index (χ2v) is 5.40. The van der Waals surface area contributed by atoms with E-state index in [9.17, 15) is 4.39 Å². The van der Waals surface area contributed by atoms with Gasteiger partial charge in [-0.25, -0.2) is 4.39 Å². The Balaban J connectivity index is 1.70. The van der Waals surface area contributed by atoms with Gasteiger partial charge >= 0.3 is 0 Å². The first-order valence-electron chi connectivity index (χ1n) is 7.48. The summed E-state index contributed by atoms with van der Waals surface area (Å²) in [6, 6.07) is 7.55. The average Bonchev–Trinajstić information content (AvgIpc) is 2.64. The summed E-state index contributed by atoms with van der Waals surface area (Å²) in [5, 5.41) is 3.63. The van der Waals surface area contributed by atoms with Gasteiger partial charge < -0.3 is 10.2 Å². The second-order valence-electron chi connectivity index (χ2n) is 5.40. The third-order valence-corrected chi connectivity index (χ3v) is 4.00. The Kier molecular flexibility index (Phi) is 5.80. The Morgan fingerprint density at radius 2 is 2.21 bits per heavy atom. The zero-order chi connectivity index (χ0) is 13.5. The van der Waals surface area contributed by atoms with E-state index in [1.165, 1.54) is 38.4 Å². The first kappa shape index (κ1) is 14.5. The molecule has 2 rings (SSSR count). The highest BCUT2D eigenvalue weighted by Crippen LogP contribution is 2.11. The Labute approximate surface area is 116 Å². The molecule has 1 aromatic rings. The Morgan fingerprint density at radius 3 is 3.00 bits per heavy atom. The summed E-state index contributed by atoms with van der Waals surface area (Å²) >= 11 is 0. The van der Waals surface area contributed by atoms with Crippen molar-refractivity contribution in [2.45, 2.75) is 38.6 Å². The predicted octanol–water partition coefficient (Wildman–Crippen LogP) is 2.83. The molecule has 1 N–H and O–H groups in total. The van der Waals surface area contributed by atoms with Gasteiger partial charge in [0, 0.05) is 6.04 Å². The molecule has 3 heteroatoms. The number of benzene rings is 1. The van der Waals surface area contributed by atoms with Crippen LogP contribution in [0.1, 0.15) is 31.7 Å². The minimum Gasteiger partial charge on any atom is -0.314 e. The fraction of sp³-hybridized carbons (Fsp3) is 0.625. The maximum Gasteiger partial charge on any atom is 0.123 e. The zero-order valence-electron chi connectivity index (χ0n) is 11.9. The molecule has 1 heterocycles. The highest BCUT2D eigenvalue weighted by molar-refractivity contribution is 5.16. The number of hydrogen-bond acceptors (Lipinski definition) is 2. The summed E-state index contributed by atoms with van der Waals surface area (Å²) in [5.74, 6) is -0.134. The molecule has 1 unspecified atom stereocenters. The van der Waals surface area contributed by atoms with Crippen molar-refractivity contribution in [2.75, 3.05) is 26.2 Å². The summed E-state index contributed by atoms with van der Waals surface area (Å²) in [7, 11) is 0. The lowest BCUT2D eigenvalue weighted by Gasteiger charge is -2.18. The SMILES string of the molecule is CCN1CCCC(NCCc2cccc(F)c2)CC1. The Morgan fingerprint density at radius 1 is 1.32 bits per heavy atom. The van der Waals surface area contributed by atoms with Gasteiger partial charge in [-0.05, 0) is 69.6 Å². The molecule has 1 saturated heterocycles. The standard InChI is InChI=1S/C16H25FN2/c1-2-19-11-4-7-16(9-12-19)18-10-8-14-5-3-6-15(17)13-14/h3,5-6,13,16,18H,2,4,7-12H2,1H3. The second kappa shape index (κ2) is 7.61. The minimum absolute atomic E-state index is 0.134. The quantitative estimate of drug-likeness (QED) is 0.880. The van der Waals surface area contributed by atoms with Crippen LogP contribution in [-0.4, -0.2) is 37.1 Å². The smallest absolute Gasteiger partial charge is 0.123 e. The van der Waals surface area contributed by atoms with Crippen LogP contribution in [0.3, 0.4) is 0 Å². The van der Waals surface area contributed by atoms with E-state index < -0.39 is 0 Å². The molecule has 0 aliphatic carbocycles. The van der Waals surface area contributed by atoms with E-state index in [4.69, 9.17) is 0 Å². The molecule has 1 aliphatic heterocycles. The lowest BCUT2D eigenvalue weighted by atomic mass is 10.1. The third-order valence-electron chi connectivity index (χ3n) is 4.00. The van der Waals surface area contributed by atoms with Gasteiger partial charge in [-0.2, -0.15) is 0 Å². The molecule has 1 aromatic carbocycles. The van der Waals surface area contributed by atoms with E-state index in [0.717, 1.165) is 25.1 Å². The van der Waals surface area contributed by atoms with Crippen LogP contribution < -0.4 is 5.32 Å². The molecule has 0 aromatic heterocycles. The van der Waals surface area contributed by atoms with Crippen molar-refractivity contribution < 1.29 is 4.39 Å². The number of nitrogens with one attached hydrogen (secondary N) is 1. The Bertz CT molecular complexity index is 381. The molecule has 1 aliphatic rings. The highest BCUT2D eigenvalue weighted by Gasteiger charge is 2.14. The van der Waals surface area contributed by atoms with Crippen molar-refractivity contribution >= 4 is 0 Å². The molecule has 0 bridgehead atoms. The molecule has 0 radical (unpaired) electrons. The highest BCUT2D eigenvalue weighted by atomic mass is 19.1. The van der Waals surface area contributed by atoms with Crippen LogP contribution in [0.4, 0.5) is 4.39 Å². The molecule has 2 nitrogen and oxygen atoms in total. The maximum absolute atomic E-state index is 13.1. The van der Waals surface area contributed by atoms with Crippen molar-refractivity contribution in [2.24, 2.45) is 0 Å². The van der Waals surface area contributed by atoms with Crippen LogP contribution in [0.5, 0.6) is 0 Å². The minimum atomic E-state index is -0.134. The monoisotopic (exact) mass is 264 g/mol. The molecule has 0 spiro atoms. The summed E-state index contributed by atoms with van der Waals surface area (Å²) in [4.78, 5) is 2.52. The van der Waals surface area contributed by atoms with Gasteiger partial charge in [0.05, 0.1) is 0 Å². The number of nitrogens with zero attached hydrogens (tertiary/aromatic N) is 1. The summed E-state index contributed by atoms with van der Waals surface area (Å²) in [6.45, 7) is 6.78. The molecule has 0 saturated carbocycles. The maximum atomic E-state index is 13.1. The lowest BCUT2D eigenvalue weighted by molar-refractivity contribution is 0.297. The summed E-state index contributed by atoms with van der Waals surface area (Å²) in [5.41, 5.74) is 1.08. The normalized spacial score (nSPS) is 21.3. The number of likely N-dealkylation sites (tertiary alicyclic amines) is 1. The van der Waals surface area contributed by atoms with Crippen molar-refractivity contribution in [1.29, 1.82) is 0 Å². The van der Waals surface area contributed by atoms with Crippen LogP contribution >= 0.6 is 0 Å². The van der Waals surface area contributed by atoms with E-state index in [2.05, 4.69) is 17.1 Å². The van der Waals surface area contributed by atoms with Crippen LogP contribution in [0.25, 0.3) is 0 Å².